The first-order valence-electron chi connectivity index (χ1n) is 8.67. The Kier molecular flexibility index (Phi) is 4.49. The van der Waals surface area contributed by atoms with E-state index < -0.39 is 0 Å². The second-order valence-corrected chi connectivity index (χ2v) is 7.37. The average Bonchev–Trinajstić information content (AvgIpc) is 2.51. The molecule has 1 unspecified atom stereocenters. The molecular weight excluding hydrogens is 254 g/mol. The van der Waals surface area contributed by atoms with Gasteiger partial charge in [-0.1, -0.05) is 49.8 Å². The summed E-state index contributed by atoms with van der Waals surface area (Å²) in [4.78, 5) is 0. The Morgan fingerprint density at radius 3 is 2.86 bits per heavy atom. The van der Waals surface area contributed by atoms with E-state index in [1.54, 1.807) is 11.1 Å². The van der Waals surface area contributed by atoms with Crippen molar-refractivity contribution in [3.8, 4) is 0 Å². The van der Waals surface area contributed by atoms with Crippen LogP contribution in [-0.2, 0) is 5.41 Å². The molecule has 114 valence electrons. The van der Waals surface area contributed by atoms with Gasteiger partial charge in [-0.15, -0.1) is 0 Å². The van der Waals surface area contributed by atoms with Gasteiger partial charge >= 0.3 is 0 Å². The van der Waals surface area contributed by atoms with Crippen molar-refractivity contribution in [3.05, 3.63) is 47.0 Å². The van der Waals surface area contributed by atoms with Crippen LogP contribution in [-0.4, -0.2) is 6.54 Å². The van der Waals surface area contributed by atoms with Crippen molar-refractivity contribution in [1.29, 1.82) is 0 Å². The number of rotatable bonds is 4. The van der Waals surface area contributed by atoms with E-state index in [2.05, 4.69) is 49.5 Å². The SMILES string of the molecule is CC1(C)CCC(NCCC2=CCCCC2)c2ccccc21. The molecule has 2 aliphatic carbocycles. The van der Waals surface area contributed by atoms with Gasteiger partial charge in [0.15, 0.2) is 0 Å². The molecule has 1 nitrogen and oxygen atoms in total. The summed E-state index contributed by atoms with van der Waals surface area (Å²) in [6, 6.07) is 9.59. The molecule has 1 aromatic rings. The van der Waals surface area contributed by atoms with Crippen LogP contribution in [0.4, 0.5) is 0 Å². The van der Waals surface area contributed by atoms with Crippen LogP contribution in [0.1, 0.15) is 76.0 Å². The first kappa shape index (κ1) is 14.8. The molecule has 0 spiro atoms. The van der Waals surface area contributed by atoms with Gasteiger partial charge in [-0.05, 0) is 68.0 Å². The minimum absolute atomic E-state index is 0.334. The zero-order chi connectivity index (χ0) is 14.7. The average molecular weight is 283 g/mol. The monoisotopic (exact) mass is 283 g/mol. The number of fused-ring (bicyclic) bond motifs is 1. The number of hydrogen-bond donors (Lipinski definition) is 1. The van der Waals surface area contributed by atoms with E-state index >= 15 is 0 Å². The van der Waals surface area contributed by atoms with E-state index in [0.29, 0.717) is 11.5 Å². The highest BCUT2D eigenvalue weighted by atomic mass is 14.9. The lowest BCUT2D eigenvalue weighted by Gasteiger charge is -2.37. The van der Waals surface area contributed by atoms with Gasteiger partial charge in [-0.2, -0.15) is 0 Å². The number of allylic oxidation sites excluding steroid dienone is 1. The maximum Gasteiger partial charge on any atom is 0.0323 e. The Bertz CT molecular complexity index is 512. The van der Waals surface area contributed by atoms with Crippen molar-refractivity contribution in [2.24, 2.45) is 0 Å². The topological polar surface area (TPSA) is 12.0 Å². The first-order valence-corrected chi connectivity index (χ1v) is 8.67. The summed E-state index contributed by atoms with van der Waals surface area (Å²) < 4.78 is 0. The van der Waals surface area contributed by atoms with E-state index in [0.717, 1.165) is 6.54 Å². The molecule has 1 N–H and O–H groups in total. The molecule has 0 aliphatic heterocycles. The molecule has 0 aromatic heterocycles. The fourth-order valence-corrected chi connectivity index (χ4v) is 3.96. The molecule has 0 heterocycles. The van der Waals surface area contributed by atoms with Gasteiger partial charge < -0.3 is 5.32 Å². The van der Waals surface area contributed by atoms with Crippen LogP contribution in [0.2, 0.25) is 0 Å². The van der Waals surface area contributed by atoms with Crippen LogP contribution in [0, 0.1) is 0 Å². The summed E-state index contributed by atoms with van der Waals surface area (Å²) >= 11 is 0. The lowest BCUT2D eigenvalue weighted by atomic mass is 9.71. The van der Waals surface area contributed by atoms with E-state index in [1.807, 2.05) is 0 Å². The zero-order valence-electron chi connectivity index (χ0n) is 13.6. The van der Waals surface area contributed by atoms with Gasteiger partial charge in [0.2, 0.25) is 0 Å². The van der Waals surface area contributed by atoms with Gasteiger partial charge in [0.05, 0.1) is 0 Å². The second-order valence-electron chi connectivity index (χ2n) is 7.37. The van der Waals surface area contributed by atoms with Gasteiger partial charge in [-0.25, -0.2) is 0 Å². The van der Waals surface area contributed by atoms with Crippen molar-refractivity contribution >= 4 is 0 Å². The van der Waals surface area contributed by atoms with Gasteiger partial charge in [0, 0.05) is 6.04 Å². The number of nitrogens with one attached hydrogen (secondary N) is 1. The number of benzene rings is 1. The molecule has 1 heteroatoms. The summed E-state index contributed by atoms with van der Waals surface area (Å²) in [5.41, 5.74) is 5.09. The number of hydrogen-bond acceptors (Lipinski definition) is 1. The third kappa shape index (κ3) is 3.40. The molecule has 2 aliphatic rings. The van der Waals surface area contributed by atoms with Crippen LogP contribution in [0.15, 0.2) is 35.9 Å². The molecule has 1 aromatic carbocycles. The predicted molar refractivity (Wildman–Crippen MR) is 90.6 cm³/mol. The predicted octanol–water partition coefficient (Wildman–Crippen LogP) is 5.28. The quantitative estimate of drug-likeness (QED) is 0.741. The third-order valence-corrected chi connectivity index (χ3v) is 5.35. The highest BCUT2D eigenvalue weighted by Crippen LogP contribution is 2.41. The van der Waals surface area contributed by atoms with E-state index in [-0.39, 0.29) is 0 Å². The smallest absolute Gasteiger partial charge is 0.0323 e. The molecule has 0 amide bonds. The first-order chi connectivity index (χ1) is 10.2. The summed E-state index contributed by atoms with van der Waals surface area (Å²) in [7, 11) is 0. The highest BCUT2D eigenvalue weighted by molar-refractivity contribution is 5.38. The van der Waals surface area contributed by atoms with Crippen LogP contribution >= 0.6 is 0 Å². The second kappa shape index (κ2) is 6.36. The van der Waals surface area contributed by atoms with Gasteiger partial charge in [-0.3, -0.25) is 0 Å². The molecule has 0 fully saturated rings. The lowest BCUT2D eigenvalue weighted by molar-refractivity contribution is 0.359. The molecular formula is C20H29N. The van der Waals surface area contributed by atoms with Crippen LogP contribution in [0.25, 0.3) is 0 Å². The van der Waals surface area contributed by atoms with Gasteiger partial charge in [0.1, 0.15) is 0 Å². The van der Waals surface area contributed by atoms with Crippen molar-refractivity contribution in [2.45, 2.75) is 70.3 Å². The van der Waals surface area contributed by atoms with E-state index in [9.17, 15) is 0 Å². The molecule has 0 saturated carbocycles. The van der Waals surface area contributed by atoms with Crippen LogP contribution < -0.4 is 5.32 Å². The van der Waals surface area contributed by atoms with Crippen LogP contribution in [0.3, 0.4) is 0 Å². The molecule has 0 radical (unpaired) electrons. The van der Waals surface area contributed by atoms with E-state index in [1.165, 1.54) is 50.5 Å². The molecule has 21 heavy (non-hydrogen) atoms. The Labute approximate surface area is 129 Å². The highest BCUT2D eigenvalue weighted by Gasteiger charge is 2.31. The maximum atomic E-state index is 3.82. The third-order valence-electron chi connectivity index (χ3n) is 5.35. The standard InChI is InChI=1S/C20H29N/c1-20(2)14-12-19(17-10-6-7-11-18(17)20)21-15-13-16-8-4-3-5-9-16/h6-8,10-11,19,21H,3-5,9,12-15H2,1-2H3. The molecule has 3 rings (SSSR count). The summed E-state index contributed by atoms with van der Waals surface area (Å²) in [5, 5.41) is 3.82. The zero-order valence-corrected chi connectivity index (χ0v) is 13.6. The summed E-state index contributed by atoms with van der Waals surface area (Å²) in [5.74, 6) is 0. The minimum atomic E-state index is 0.334. The molecule has 1 atom stereocenters. The molecule has 0 saturated heterocycles. The maximum absolute atomic E-state index is 3.82. The summed E-state index contributed by atoms with van der Waals surface area (Å²) in [6.07, 6.45) is 11.7. The largest absolute Gasteiger partial charge is 0.310 e. The Morgan fingerprint density at radius 1 is 1.19 bits per heavy atom. The lowest BCUT2D eigenvalue weighted by Crippen LogP contribution is -2.33. The Morgan fingerprint density at radius 2 is 2.05 bits per heavy atom. The normalized spacial score (nSPS) is 24.3. The van der Waals surface area contributed by atoms with Gasteiger partial charge in [0.25, 0.3) is 0 Å². The van der Waals surface area contributed by atoms with Crippen molar-refractivity contribution in [3.63, 3.8) is 0 Å². The fraction of sp³-hybridized carbons (Fsp3) is 0.600. The molecule has 0 bridgehead atoms. The van der Waals surface area contributed by atoms with Crippen molar-refractivity contribution in [2.75, 3.05) is 6.54 Å². The Balaban J connectivity index is 1.63. The fourth-order valence-electron chi connectivity index (χ4n) is 3.96. The minimum Gasteiger partial charge on any atom is -0.310 e. The van der Waals surface area contributed by atoms with Crippen molar-refractivity contribution < 1.29 is 0 Å². The van der Waals surface area contributed by atoms with Crippen LogP contribution in [0.5, 0.6) is 0 Å². The summed E-state index contributed by atoms with van der Waals surface area (Å²) in [6.45, 7) is 5.90. The van der Waals surface area contributed by atoms with E-state index in [4.69, 9.17) is 0 Å². The van der Waals surface area contributed by atoms with Crippen molar-refractivity contribution in [1.82, 2.24) is 5.32 Å². The Hall–Kier alpha value is -1.08.